The van der Waals surface area contributed by atoms with E-state index in [-0.39, 0.29) is 5.75 Å². The smallest absolute Gasteiger partial charge is 0.338 e. The number of benzene rings is 1. The predicted octanol–water partition coefficient (Wildman–Crippen LogP) is 2.58. The molecule has 0 unspecified atom stereocenters. The molecule has 0 spiro atoms. The molecule has 2 aromatic rings. The first kappa shape index (κ1) is 12.5. The molecule has 2 rings (SSSR count). The molecule has 19 heavy (non-hydrogen) atoms. The Balaban J connectivity index is 2.30. The zero-order chi connectivity index (χ0) is 13.8. The Bertz CT molecular complexity index is 663. The van der Waals surface area contributed by atoms with Gasteiger partial charge < -0.3 is 9.84 Å². The van der Waals surface area contributed by atoms with E-state index >= 15 is 0 Å². The summed E-state index contributed by atoms with van der Waals surface area (Å²) in [7, 11) is 0. The number of ether oxygens (including phenoxy) is 1. The topological polar surface area (TPSA) is 83.2 Å². The van der Waals surface area contributed by atoms with Crippen LogP contribution in [0.4, 0.5) is 4.39 Å². The van der Waals surface area contributed by atoms with Crippen molar-refractivity contribution in [3.8, 4) is 17.7 Å². The van der Waals surface area contributed by atoms with Gasteiger partial charge in [0.2, 0.25) is 0 Å². The van der Waals surface area contributed by atoms with Gasteiger partial charge in [0, 0.05) is 6.20 Å². The second-order valence-electron chi connectivity index (χ2n) is 3.52. The van der Waals surface area contributed by atoms with Crippen molar-refractivity contribution in [2.75, 3.05) is 0 Å². The minimum Gasteiger partial charge on any atom is -0.478 e. The highest BCUT2D eigenvalue weighted by atomic mass is 19.1. The molecule has 0 radical (unpaired) electrons. The average Bonchev–Trinajstić information content (AvgIpc) is 2.41. The van der Waals surface area contributed by atoms with Gasteiger partial charge in [-0.25, -0.2) is 14.2 Å². The number of nitriles is 1. The largest absolute Gasteiger partial charge is 0.478 e. The third kappa shape index (κ3) is 2.66. The third-order valence-corrected chi connectivity index (χ3v) is 2.29. The van der Waals surface area contributed by atoms with E-state index in [2.05, 4.69) is 4.98 Å². The van der Waals surface area contributed by atoms with Gasteiger partial charge in [0.25, 0.3) is 5.88 Å². The quantitative estimate of drug-likeness (QED) is 0.914. The van der Waals surface area contributed by atoms with Crippen LogP contribution < -0.4 is 4.74 Å². The summed E-state index contributed by atoms with van der Waals surface area (Å²) in [4.78, 5) is 14.4. The van der Waals surface area contributed by atoms with E-state index in [4.69, 9.17) is 15.1 Å². The maximum absolute atomic E-state index is 13.7. The highest BCUT2D eigenvalue weighted by Crippen LogP contribution is 2.24. The van der Waals surface area contributed by atoms with Crippen molar-refractivity contribution in [2.24, 2.45) is 0 Å². The van der Waals surface area contributed by atoms with Crippen molar-refractivity contribution in [3.63, 3.8) is 0 Å². The summed E-state index contributed by atoms with van der Waals surface area (Å²) in [6.07, 6.45) is 1.14. The molecule has 1 aromatic heterocycles. The lowest BCUT2D eigenvalue weighted by Gasteiger charge is -2.06. The molecule has 6 heteroatoms. The highest BCUT2D eigenvalue weighted by molar-refractivity contribution is 5.88. The molecule has 0 fully saturated rings. The van der Waals surface area contributed by atoms with Gasteiger partial charge in [0.1, 0.15) is 11.3 Å². The third-order valence-electron chi connectivity index (χ3n) is 2.29. The van der Waals surface area contributed by atoms with E-state index in [1.54, 1.807) is 0 Å². The predicted molar refractivity (Wildman–Crippen MR) is 62.4 cm³/mol. The molecule has 0 bridgehead atoms. The molecule has 1 N–H and O–H groups in total. The Morgan fingerprint density at radius 2 is 2.00 bits per heavy atom. The fourth-order valence-corrected chi connectivity index (χ4v) is 1.37. The normalized spacial score (nSPS) is 9.68. The summed E-state index contributed by atoms with van der Waals surface area (Å²) in [6, 6.07) is 8.89. The average molecular weight is 258 g/mol. The number of carboxylic acid groups (broad SMARTS) is 1. The number of aromatic nitrogens is 1. The number of halogens is 1. The van der Waals surface area contributed by atoms with Gasteiger partial charge in [-0.05, 0) is 30.3 Å². The monoisotopic (exact) mass is 258 g/mol. The Hall–Kier alpha value is -2.94. The van der Waals surface area contributed by atoms with E-state index in [0.717, 1.165) is 12.3 Å². The second kappa shape index (κ2) is 5.14. The van der Waals surface area contributed by atoms with Crippen LogP contribution in [0.25, 0.3) is 0 Å². The van der Waals surface area contributed by atoms with Crippen molar-refractivity contribution in [1.29, 1.82) is 5.26 Å². The Labute approximate surface area is 107 Å². The fourth-order valence-electron chi connectivity index (χ4n) is 1.37. The molecule has 94 valence electrons. The SMILES string of the molecule is N#Cc1ccc(Oc2nccc(C(=O)O)c2F)cc1. The molecule has 0 amide bonds. The highest BCUT2D eigenvalue weighted by Gasteiger charge is 2.16. The van der Waals surface area contributed by atoms with E-state index in [1.807, 2.05) is 6.07 Å². The summed E-state index contributed by atoms with van der Waals surface area (Å²) in [5.74, 6) is -2.61. The van der Waals surface area contributed by atoms with Gasteiger partial charge in [-0.2, -0.15) is 5.26 Å². The lowest BCUT2D eigenvalue weighted by molar-refractivity contribution is 0.0690. The molecule has 5 nitrogen and oxygen atoms in total. The van der Waals surface area contributed by atoms with Crippen LogP contribution in [0.15, 0.2) is 36.5 Å². The first-order valence-electron chi connectivity index (χ1n) is 5.17. The van der Waals surface area contributed by atoms with Gasteiger partial charge in [0.15, 0.2) is 5.82 Å². The van der Waals surface area contributed by atoms with E-state index in [0.29, 0.717) is 5.56 Å². The van der Waals surface area contributed by atoms with Crippen molar-refractivity contribution in [3.05, 3.63) is 53.5 Å². The molecule has 0 aliphatic heterocycles. The number of hydrogen-bond acceptors (Lipinski definition) is 4. The molecule has 0 saturated heterocycles. The van der Waals surface area contributed by atoms with Crippen LogP contribution in [-0.2, 0) is 0 Å². The molecule has 0 aliphatic rings. The van der Waals surface area contributed by atoms with Gasteiger partial charge in [0.05, 0.1) is 11.6 Å². The second-order valence-corrected chi connectivity index (χ2v) is 3.52. The molecule has 0 aliphatic carbocycles. The van der Waals surface area contributed by atoms with Crippen LogP contribution in [0.3, 0.4) is 0 Å². The van der Waals surface area contributed by atoms with Crippen LogP contribution in [0.5, 0.6) is 11.6 Å². The first-order valence-corrected chi connectivity index (χ1v) is 5.17. The maximum atomic E-state index is 13.7. The number of carbonyl (C=O) groups is 1. The van der Waals surface area contributed by atoms with Crippen molar-refractivity contribution in [1.82, 2.24) is 4.98 Å². The van der Waals surface area contributed by atoms with Gasteiger partial charge in [-0.1, -0.05) is 0 Å². The van der Waals surface area contributed by atoms with Crippen molar-refractivity contribution < 1.29 is 19.0 Å². The molecular weight excluding hydrogens is 251 g/mol. The number of carboxylic acids is 1. The summed E-state index contributed by atoms with van der Waals surface area (Å²) < 4.78 is 18.9. The Kier molecular flexibility index (Phi) is 3.39. The minimum absolute atomic E-state index is 0.257. The Morgan fingerprint density at radius 1 is 1.32 bits per heavy atom. The molecule has 1 heterocycles. The number of hydrogen-bond donors (Lipinski definition) is 1. The van der Waals surface area contributed by atoms with Gasteiger partial charge in [-0.3, -0.25) is 0 Å². The lowest BCUT2D eigenvalue weighted by atomic mass is 10.2. The summed E-state index contributed by atoms with van der Waals surface area (Å²) in [6.45, 7) is 0. The van der Waals surface area contributed by atoms with Crippen molar-refractivity contribution in [2.45, 2.75) is 0 Å². The summed E-state index contributed by atoms with van der Waals surface area (Å²) >= 11 is 0. The maximum Gasteiger partial charge on any atom is 0.338 e. The van der Waals surface area contributed by atoms with E-state index in [1.165, 1.54) is 24.3 Å². The first-order chi connectivity index (χ1) is 9.11. The fraction of sp³-hybridized carbons (Fsp3) is 0. The summed E-state index contributed by atoms with van der Waals surface area (Å²) in [5.41, 5.74) is -0.0845. The van der Waals surface area contributed by atoms with E-state index in [9.17, 15) is 9.18 Å². The molecule has 0 atom stereocenters. The molecular formula is C13H7FN2O3. The zero-order valence-corrected chi connectivity index (χ0v) is 9.50. The molecule has 0 saturated carbocycles. The minimum atomic E-state index is -1.40. The summed E-state index contributed by atoms with van der Waals surface area (Å²) in [5, 5.41) is 17.4. The van der Waals surface area contributed by atoms with Gasteiger partial charge >= 0.3 is 5.97 Å². The lowest BCUT2D eigenvalue weighted by Crippen LogP contribution is -2.03. The van der Waals surface area contributed by atoms with Crippen LogP contribution in [-0.4, -0.2) is 16.1 Å². The van der Waals surface area contributed by atoms with Crippen LogP contribution >= 0.6 is 0 Å². The molecule has 1 aromatic carbocycles. The Morgan fingerprint density at radius 3 is 2.58 bits per heavy atom. The number of pyridine rings is 1. The zero-order valence-electron chi connectivity index (χ0n) is 9.50. The van der Waals surface area contributed by atoms with Crippen LogP contribution in [0.2, 0.25) is 0 Å². The number of aromatic carboxylic acids is 1. The standard InChI is InChI=1S/C13H7FN2O3/c14-11-10(13(17)18)5-6-16-12(11)19-9-3-1-8(7-15)2-4-9/h1-6H,(H,17,18). The van der Waals surface area contributed by atoms with Crippen molar-refractivity contribution >= 4 is 5.97 Å². The van der Waals surface area contributed by atoms with Gasteiger partial charge in [-0.15, -0.1) is 0 Å². The van der Waals surface area contributed by atoms with E-state index < -0.39 is 23.2 Å². The number of rotatable bonds is 3. The number of nitrogens with zero attached hydrogens (tertiary/aromatic N) is 2. The van der Waals surface area contributed by atoms with Crippen LogP contribution in [0, 0.1) is 17.1 Å². The van der Waals surface area contributed by atoms with Crippen LogP contribution in [0.1, 0.15) is 15.9 Å².